The van der Waals surface area contributed by atoms with Crippen molar-refractivity contribution < 1.29 is 14.6 Å². The highest BCUT2D eigenvalue weighted by Crippen LogP contribution is 2.39. The van der Waals surface area contributed by atoms with Gasteiger partial charge in [-0.15, -0.1) is 0 Å². The van der Waals surface area contributed by atoms with Gasteiger partial charge in [0.05, 0.1) is 36.6 Å². The van der Waals surface area contributed by atoms with Crippen molar-refractivity contribution >= 4 is 17.3 Å². The van der Waals surface area contributed by atoms with Gasteiger partial charge in [0.25, 0.3) is 5.91 Å². The molecule has 2 aromatic carbocycles. The maximum atomic E-state index is 12.4. The van der Waals surface area contributed by atoms with Crippen LogP contribution in [0.3, 0.4) is 0 Å². The number of para-hydroxylation sites is 2. The van der Waals surface area contributed by atoms with E-state index in [1.54, 1.807) is 18.2 Å². The summed E-state index contributed by atoms with van der Waals surface area (Å²) in [7, 11) is 1.50. The number of fused-ring (bicyclic) bond motifs is 1. The molecule has 4 N–H and O–H groups in total. The predicted molar refractivity (Wildman–Crippen MR) is 91.1 cm³/mol. The van der Waals surface area contributed by atoms with E-state index in [-0.39, 0.29) is 17.7 Å². The summed E-state index contributed by atoms with van der Waals surface area (Å²) >= 11 is 0. The Hall–Kier alpha value is -3.15. The van der Waals surface area contributed by atoms with Crippen LogP contribution in [0.25, 0.3) is 0 Å². The van der Waals surface area contributed by atoms with Gasteiger partial charge < -0.3 is 25.8 Å². The molecule has 0 spiro atoms. The van der Waals surface area contributed by atoms with Gasteiger partial charge >= 0.3 is 0 Å². The summed E-state index contributed by atoms with van der Waals surface area (Å²) in [6, 6.07) is 12.6. The molecule has 2 aromatic rings. The number of carbonyl (C=O) groups excluding carboxylic acids is 1. The van der Waals surface area contributed by atoms with Crippen molar-refractivity contribution in [3.8, 4) is 11.5 Å². The van der Waals surface area contributed by atoms with Gasteiger partial charge in [-0.1, -0.05) is 18.2 Å². The number of rotatable bonds is 2. The van der Waals surface area contributed by atoms with Gasteiger partial charge in [-0.25, -0.2) is 0 Å². The lowest BCUT2D eigenvalue weighted by Crippen LogP contribution is -2.24. The molecule has 24 heavy (non-hydrogen) atoms. The van der Waals surface area contributed by atoms with E-state index in [1.807, 2.05) is 24.3 Å². The van der Waals surface area contributed by atoms with Crippen molar-refractivity contribution in [3.05, 3.63) is 59.3 Å². The van der Waals surface area contributed by atoms with Crippen molar-refractivity contribution in [2.45, 2.75) is 6.04 Å². The first-order valence-corrected chi connectivity index (χ1v) is 7.68. The molecule has 0 fully saturated rings. The molecule has 122 valence electrons. The molecule has 0 unspecified atom stereocenters. The number of carbonyl (C=O) groups is 1. The summed E-state index contributed by atoms with van der Waals surface area (Å²) in [6.45, 7) is 0.468. The average Bonchev–Trinajstić information content (AvgIpc) is 2.86. The molecular formula is C18H17N3O3. The SMILES string of the molecule is COc1cc([C@@H]2Nc3ccccc3NC3=C2C(=O)NC3)ccc1O. The van der Waals surface area contributed by atoms with Gasteiger partial charge in [0.2, 0.25) is 0 Å². The smallest absolute Gasteiger partial charge is 0.251 e. The molecule has 0 saturated carbocycles. The molecular weight excluding hydrogens is 306 g/mol. The second-order valence-electron chi connectivity index (χ2n) is 5.75. The molecule has 0 aromatic heterocycles. The minimum absolute atomic E-state index is 0.0680. The van der Waals surface area contributed by atoms with Crippen LogP contribution in [-0.2, 0) is 4.79 Å². The number of nitrogens with one attached hydrogen (secondary N) is 3. The van der Waals surface area contributed by atoms with Crippen molar-refractivity contribution in [1.82, 2.24) is 5.32 Å². The van der Waals surface area contributed by atoms with Crippen LogP contribution in [0.1, 0.15) is 11.6 Å². The highest BCUT2D eigenvalue weighted by molar-refractivity contribution is 6.00. The summed E-state index contributed by atoms with van der Waals surface area (Å²) in [5, 5.41) is 19.5. The van der Waals surface area contributed by atoms with Gasteiger partial charge in [-0.3, -0.25) is 4.79 Å². The Morgan fingerprint density at radius 3 is 2.75 bits per heavy atom. The van der Waals surface area contributed by atoms with Crippen LogP contribution in [-0.4, -0.2) is 24.7 Å². The zero-order chi connectivity index (χ0) is 16.7. The molecule has 0 bridgehead atoms. The number of phenols is 1. The van der Waals surface area contributed by atoms with Crippen LogP contribution in [0, 0.1) is 0 Å². The van der Waals surface area contributed by atoms with E-state index in [1.165, 1.54) is 7.11 Å². The molecule has 2 aliphatic rings. The largest absolute Gasteiger partial charge is 0.504 e. The molecule has 1 atom stereocenters. The molecule has 0 radical (unpaired) electrons. The number of hydrogen-bond donors (Lipinski definition) is 4. The lowest BCUT2D eigenvalue weighted by atomic mass is 9.97. The van der Waals surface area contributed by atoms with Crippen molar-refractivity contribution in [1.29, 1.82) is 0 Å². The van der Waals surface area contributed by atoms with Gasteiger partial charge in [-0.05, 0) is 29.8 Å². The van der Waals surface area contributed by atoms with E-state index in [0.717, 1.165) is 22.6 Å². The molecule has 6 nitrogen and oxygen atoms in total. The van der Waals surface area contributed by atoms with Crippen molar-refractivity contribution in [2.24, 2.45) is 0 Å². The lowest BCUT2D eigenvalue weighted by molar-refractivity contribution is -0.116. The van der Waals surface area contributed by atoms with Gasteiger partial charge in [0.15, 0.2) is 11.5 Å². The summed E-state index contributed by atoms with van der Waals surface area (Å²) in [6.07, 6.45) is 0. The van der Waals surface area contributed by atoms with Gasteiger partial charge in [0.1, 0.15) is 0 Å². The third-order valence-corrected chi connectivity index (χ3v) is 4.33. The minimum atomic E-state index is -0.340. The highest BCUT2D eigenvalue weighted by Gasteiger charge is 2.34. The molecule has 1 amide bonds. The van der Waals surface area contributed by atoms with Crippen LogP contribution < -0.4 is 20.7 Å². The fourth-order valence-corrected chi connectivity index (χ4v) is 3.15. The predicted octanol–water partition coefficient (Wildman–Crippen LogP) is 2.36. The van der Waals surface area contributed by atoms with Crippen LogP contribution in [0.4, 0.5) is 11.4 Å². The Balaban J connectivity index is 1.85. The summed E-state index contributed by atoms with van der Waals surface area (Å²) in [5.41, 5.74) is 4.19. The van der Waals surface area contributed by atoms with E-state index in [4.69, 9.17) is 4.74 Å². The maximum Gasteiger partial charge on any atom is 0.251 e. The van der Waals surface area contributed by atoms with Crippen LogP contribution in [0.15, 0.2) is 53.7 Å². The van der Waals surface area contributed by atoms with Crippen molar-refractivity contribution in [3.63, 3.8) is 0 Å². The zero-order valence-electron chi connectivity index (χ0n) is 13.1. The Kier molecular flexibility index (Phi) is 3.30. The number of hydrogen-bond acceptors (Lipinski definition) is 5. The van der Waals surface area contributed by atoms with E-state index in [9.17, 15) is 9.90 Å². The minimum Gasteiger partial charge on any atom is -0.504 e. The normalized spacial score (nSPS) is 18.7. The molecule has 0 saturated heterocycles. The first-order valence-electron chi connectivity index (χ1n) is 7.68. The van der Waals surface area contributed by atoms with E-state index < -0.39 is 0 Å². The topological polar surface area (TPSA) is 82.6 Å². The number of aromatic hydroxyl groups is 1. The zero-order valence-corrected chi connectivity index (χ0v) is 13.1. The lowest BCUT2D eigenvalue weighted by Gasteiger charge is -2.21. The first kappa shape index (κ1) is 14.4. The van der Waals surface area contributed by atoms with Crippen LogP contribution in [0.5, 0.6) is 11.5 Å². The van der Waals surface area contributed by atoms with Crippen LogP contribution >= 0.6 is 0 Å². The Bertz CT molecular complexity index is 860. The Labute approximate surface area is 139 Å². The third-order valence-electron chi connectivity index (χ3n) is 4.33. The monoisotopic (exact) mass is 323 g/mol. The summed E-state index contributed by atoms with van der Waals surface area (Å²) in [5.74, 6) is 0.341. The Morgan fingerprint density at radius 1 is 1.17 bits per heavy atom. The fraction of sp³-hybridized carbons (Fsp3) is 0.167. The summed E-state index contributed by atoms with van der Waals surface area (Å²) < 4.78 is 5.21. The molecule has 2 heterocycles. The average molecular weight is 323 g/mol. The van der Waals surface area contributed by atoms with E-state index in [0.29, 0.717) is 17.9 Å². The van der Waals surface area contributed by atoms with E-state index >= 15 is 0 Å². The number of phenolic OH excluding ortho intramolecular Hbond substituents is 1. The quantitative estimate of drug-likeness (QED) is 0.682. The molecule has 4 rings (SSSR count). The summed E-state index contributed by atoms with van der Waals surface area (Å²) in [4.78, 5) is 12.4. The number of benzene rings is 2. The molecule has 0 aliphatic carbocycles. The number of amides is 1. The fourth-order valence-electron chi connectivity index (χ4n) is 3.15. The number of ether oxygens (including phenoxy) is 1. The second-order valence-corrected chi connectivity index (χ2v) is 5.75. The number of anilines is 2. The third kappa shape index (κ3) is 2.23. The highest BCUT2D eigenvalue weighted by atomic mass is 16.5. The Morgan fingerprint density at radius 2 is 1.96 bits per heavy atom. The molecule has 2 aliphatic heterocycles. The van der Waals surface area contributed by atoms with Crippen LogP contribution in [0.2, 0.25) is 0 Å². The van der Waals surface area contributed by atoms with Gasteiger partial charge in [0, 0.05) is 5.70 Å². The van der Waals surface area contributed by atoms with E-state index in [2.05, 4.69) is 16.0 Å². The van der Waals surface area contributed by atoms with Gasteiger partial charge in [-0.2, -0.15) is 0 Å². The maximum absolute atomic E-state index is 12.4. The number of methoxy groups -OCH3 is 1. The standard InChI is InChI=1S/C18H17N3O3/c1-24-15-8-10(6-7-14(15)22)17-16-13(9-19-18(16)23)20-11-4-2-3-5-12(11)21-17/h2-8,17,20-22H,9H2,1H3,(H,19,23)/t17-/m0/s1. The second kappa shape index (κ2) is 5.49. The molecule has 6 heteroatoms. The van der Waals surface area contributed by atoms with Crippen molar-refractivity contribution in [2.75, 3.05) is 24.3 Å². The first-order chi connectivity index (χ1) is 11.7.